The van der Waals surface area contributed by atoms with Crippen LogP contribution in [0.3, 0.4) is 0 Å². The average molecular weight is 1270 g/mol. The summed E-state index contributed by atoms with van der Waals surface area (Å²) in [5, 5.41) is 42.0. The van der Waals surface area contributed by atoms with Gasteiger partial charge in [-0.15, -0.1) is 0 Å². The monoisotopic (exact) mass is 1270 g/mol. The number of halogens is 1. The van der Waals surface area contributed by atoms with E-state index < -0.39 is 189 Å². The van der Waals surface area contributed by atoms with E-state index >= 15 is 0 Å². The molecule has 2 amide bonds. The fourth-order valence-electron chi connectivity index (χ4n) is 7.00. The Balaban J connectivity index is -0.000000521. The molecule has 3 aliphatic rings. The van der Waals surface area contributed by atoms with Gasteiger partial charge in [0.2, 0.25) is 30.7 Å². The number of hydrogen-bond donors (Lipinski definition) is 9. The van der Waals surface area contributed by atoms with E-state index in [1.165, 1.54) is 20.8 Å². The van der Waals surface area contributed by atoms with Gasteiger partial charge in [0.25, 0.3) is 26.1 Å². The van der Waals surface area contributed by atoms with Crippen molar-refractivity contribution >= 4 is 84.4 Å². The van der Waals surface area contributed by atoms with E-state index in [2.05, 4.69) is 15.4 Å². The van der Waals surface area contributed by atoms with Crippen molar-refractivity contribution in [2.45, 2.75) is 161 Å². The average Bonchev–Trinajstić information content (AvgIpc) is 3.38. The van der Waals surface area contributed by atoms with Gasteiger partial charge in [0.1, 0.15) is 30.5 Å². The number of nitrogens with one attached hydrogen (secondary N) is 2. The molecule has 39 heteroatoms. The second kappa shape index (κ2) is 41.7. The Hall–Kier alpha value is -4.23. The number of Topliss-reactive ketones (excluding diaryl/α,β-unsaturated/α-hetero) is 1. The zero-order chi connectivity index (χ0) is 63.3. The molecule has 474 valence electrons. The molecule has 3 heterocycles. The number of amides is 2. The van der Waals surface area contributed by atoms with Gasteiger partial charge in [-0.05, 0) is 26.3 Å². The van der Waals surface area contributed by atoms with Crippen LogP contribution < -0.4 is 45.9 Å². The van der Waals surface area contributed by atoms with Crippen molar-refractivity contribution in [3.8, 4) is 0 Å². The minimum atomic E-state index is -4.17. The maximum Gasteiger partial charge on any atom is 1.00 e. The first kappa shape index (κ1) is 82.0. The first-order valence-electron chi connectivity index (χ1n) is 24.3. The van der Waals surface area contributed by atoms with Crippen molar-refractivity contribution in [1.82, 2.24) is 10.6 Å². The largest absolute Gasteiger partial charge is 1.00 e. The van der Waals surface area contributed by atoms with Crippen LogP contribution in [0.4, 0.5) is 4.39 Å². The number of rotatable bonds is 20. The van der Waals surface area contributed by atoms with Crippen molar-refractivity contribution in [3.05, 3.63) is 0 Å². The molecule has 0 aromatic rings. The van der Waals surface area contributed by atoms with Crippen LogP contribution in [0, 0.1) is 11.8 Å². The summed E-state index contributed by atoms with van der Waals surface area (Å²) in [6.45, 7) is 11.5. The number of carbonyl (C=O) groups is 9. The maximum atomic E-state index is 12.5. The van der Waals surface area contributed by atoms with Crippen LogP contribution in [0.2, 0.25) is 0 Å². The van der Waals surface area contributed by atoms with Crippen LogP contribution in [-0.2, 0) is 125 Å². The second-order valence-corrected chi connectivity index (χ2v) is 21.3. The third-order valence-electron chi connectivity index (χ3n) is 10.3. The van der Waals surface area contributed by atoms with Gasteiger partial charge in [-0.1, -0.05) is 36.7 Å². The Kier molecular flexibility index (Phi) is 41.7. The molecule has 0 bridgehead atoms. The van der Waals surface area contributed by atoms with E-state index in [-0.39, 0.29) is 72.5 Å². The molecule has 0 aromatic heterocycles. The second-order valence-electron chi connectivity index (χ2n) is 17.1. The molecular formula is C43H74FN3NaO31S3-. The summed E-state index contributed by atoms with van der Waals surface area (Å²) in [7, 11) is -11.2. The Morgan fingerprint density at radius 1 is 0.561 bits per heavy atom. The first-order valence-corrected chi connectivity index (χ1v) is 28.0. The van der Waals surface area contributed by atoms with Crippen LogP contribution in [-0.4, -0.2) is 229 Å². The zero-order valence-corrected chi connectivity index (χ0v) is 50.8. The number of carbonyl (C=O) groups excluding carboxylic acids is 9. The summed E-state index contributed by atoms with van der Waals surface area (Å²) in [5.74, 6) is -8.37. The van der Waals surface area contributed by atoms with Crippen LogP contribution in [0.1, 0.15) is 82.9 Å². The van der Waals surface area contributed by atoms with Gasteiger partial charge in [0.05, 0.1) is 20.0 Å². The molecule has 15 atom stereocenters. The molecule has 0 spiro atoms. The van der Waals surface area contributed by atoms with Gasteiger partial charge >= 0.3 is 65.4 Å². The van der Waals surface area contributed by atoms with Crippen LogP contribution in [0.5, 0.6) is 0 Å². The molecule has 3 fully saturated rings. The number of aliphatic hydroxyl groups is 4. The number of nitrogens with two attached hydrogens (primary N) is 1. The molecule has 0 saturated carbocycles. The van der Waals surface area contributed by atoms with Gasteiger partial charge in [-0.3, -0.25) is 56.6 Å². The van der Waals surface area contributed by atoms with Gasteiger partial charge < -0.3 is 93.3 Å². The summed E-state index contributed by atoms with van der Waals surface area (Å²) in [6, 6.07) is 0. The molecule has 0 aromatic carbocycles. The minimum Gasteiger partial charge on any atom is -0.870 e. The summed E-state index contributed by atoms with van der Waals surface area (Å²) in [4.78, 5) is 104. The van der Waals surface area contributed by atoms with Gasteiger partial charge in [-0.2, -0.15) is 16.8 Å². The standard InChI is InChI=1S/C16H25NO11S.C14H20O8.C9H17NO9S.C3H8NO2S.CH3F.Na.H2O/c1-8-12(25-9(2)18)14(26-10(3)19)16(27-11(4)20)28-13(8)15(21)17-6-5-7-29(22,23)24;1-6-11(7(2)15)22-14(21-10(5)18)13(20-9(4)17)12(6)19-8(3)16;11-4-5(12)7(19-9(15)6(4)13)8(14)10-2-1-3-20(16,17)18;4-2-1-3-7(5)6;1-2;;/h8,12-14,16H,5-7H2,1-4H3,(H,17,21)(H,22,23,24);6,11-14H,1-5H3;4-7,9,11-13,15H,1-3H2,(H,10,14)(H,16,17,18);1-4H2;1H3;;1H2/q;;;-1;;+1;/p-1/t8-,12-,13-,14+,16+;6-,11+,12+,13-,14+;4-,5-,6+,7-,9?;;;;/m010..../s1/i;;;;1D;;. The number of esters is 6. The summed E-state index contributed by atoms with van der Waals surface area (Å²) >= 11 is 0. The smallest absolute Gasteiger partial charge is 0.870 e. The van der Waals surface area contributed by atoms with Crippen molar-refractivity contribution in [3.63, 3.8) is 0 Å². The molecule has 3 rings (SSSR count). The number of ketones is 1. The predicted molar refractivity (Wildman–Crippen MR) is 265 cm³/mol. The van der Waals surface area contributed by atoms with Crippen LogP contribution >= 0.6 is 0 Å². The molecule has 3 aliphatic heterocycles. The van der Waals surface area contributed by atoms with E-state index in [9.17, 15) is 93.2 Å². The topological polar surface area (TPSA) is 541 Å². The molecule has 0 radical (unpaired) electrons. The molecule has 0 aliphatic carbocycles. The van der Waals surface area contributed by atoms with E-state index in [0.29, 0.717) is 13.0 Å². The molecule has 11 N–H and O–H groups in total. The fourth-order valence-corrected chi connectivity index (χ4v) is 8.42. The van der Waals surface area contributed by atoms with Crippen molar-refractivity contribution in [2.24, 2.45) is 17.6 Å². The fraction of sp³-hybridized carbons (Fsp3) is 0.791. The minimum absolute atomic E-state index is 0. The van der Waals surface area contributed by atoms with Crippen molar-refractivity contribution in [1.29, 1.82) is 0 Å². The normalized spacial score (nSPS) is 27.4. The summed E-state index contributed by atoms with van der Waals surface area (Å²) in [6.07, 6.45) is -17.8. The third-order valence-corrected chi connectivity index (χ3v) is 12.5. The van der Waals surface area contributed by atoms with Crippen molar-refractivity contribution in [2.75, 3.05) is 44.0 Å². The number of alkyl halides is 1. The Morgan fingerprint density at radius 3 is 1.20 bits per heavy atom. The molecule has 82 heavy (non-hydrogen) atoms. The number of aliphatic hydroxyl groups excluding tert-OH is 4. The molecule has 3 saturated heterocycles. The quantitative estimate of drug-likeness (QED) is 0.0137. The van der Waals surface area contributed by atoms with Gasteiger partial charge in [-0.25, -0.2) is 0 Å². The van der Waals surface area contributed by atoms with E-state index in [4.69, 9.17) is 54.1 Å². The zero-order valence-electron chi connectivity index (χ0n) is 47.3. The Labute approximate surface area is 497 Å². The van der Waals surface area contributed by atoms with E-state index in [1.54, 1.807) is 6.92 Å². The van der Waals surface area contributed by atoms with Crippen LogP contribution in [0.15, 0.2) is 0 Å². The Morgan fingerprint density at radius 2 is 0.890 bits per heavy atom. The predicted octanol–water partition coefficient (Wildman–Crippen LogP) is -7.23. The third kappa shape index (κ3) is 33.9. The van der Waals surface area contributed by atoms with Crippen molar-refractivity contribution < 1.29 is 181 Å². The van der Waals surface area contributed by atoms with E-state index in [1.807, 2.05) is 0 Å². The SMILES string of the molecule is CC(=O)O[C@@H]1O[C@H](C(=O)NCCCS(=O)(=O)O)[C@@H](C)[C@H](OC(C)=O)[C@H]1OC(C)=O.CC(=O)O[C@H]1O[C@H](C(C)=O)[C@@H](C)[C@H](OC(C)=O)[C@H]1OC(C)=O.NCCC[S-](=O)=O.O=C(NCCCS(=O)(=O)O)[C@H]1OC(O)[C@H](O)[C@@H](O)[C@@H]1O.[2H]CF.[Na+].[OH-]. The number of hydrogen-bond acceptors (Lipinski definition) is 31. The van der Waals surface area contributed by atoms with E-state index in [0.717, 1.165) is 34.6 Å². The Bertz CT molecular complexity index is 2350. The molecular weight excluding hydrogens is 1190 g/mol. The van der Waals surface area contributed by atoms with Gasteiger partial charge in [0, 0.05) is 66.5 Å². The summed E-state index contributed by atoms with van der Waals surface area (Å²) in [5.41, 5.74) is 5.00. The van der Waals surface area contributed by atoms with Crippen LogP contribution in [0.25, 0.3) is 0 Å². The summed E-state index contributed by atoms with van der Waals surface area (Å²) < 4.78 is 141. The molecule has 1 unspecified atom stereocenters. The van der Waals surface area contributed by atoms with Gasteiger partial charge in [0.15, 0.2) is 30.4 Å². The number of ether oxygens (including phenoxy) is 9. The molecule has 34 nitrogen and oxygen atoms in total. The first-order chi connectivity index (χ1) is 37.3. The maximum absolute atomic E-state index is 12.5.